The monoisotopic (exact) mass is 483 g/mol. The quantitative estimate of drug-likeness (QED) is 0.430. The van der Waals surface area contributed by atoms with Gasteiger partial charge >= 0.3 is 5.97 Å². The molecule has 0 aliphatic carbocycles. The van der Waals surface area contributed by atoms with E-state index in [4.69, 9.17) is 21.1 Å². The van der Waals surface area contributed by atoms with Crippen molar-refractivity contribution in [2.24, 2.45) is 5.92 Å². The number of carbonyl (C=O) groups is 1. The Kier molecular flexibility index (Phi) is 9.27. The van der Waals surface area contributed by atoms with E-state index in [0.717, 1.165) is 15.6 Å². The van der Waals surface area contributed by atoms with Crippen LogP contribution in [0.3, 0.4) is 0 Å². The van der Waals surface area contributed by atoms with Crippen molar-refractivity contribution in [2.75, 3.05) is 6.61 Å². The topological polar surface area (TPSA) is 67.8 Å². The molecule has 0 radical (unpaired) electrons. The average Bonchev–Trinajstić information content (AvgIpc) is 2.66. The van der Waals surface area contributed by atoms with E-state index >= 15 is 0 Å². The standard InChI is InChI=1S/C22H27BrClNO4/c1-4-28-20-10-16(12-25-19(22(26)27)9-14(2)3)17(23)11-21(20)29-13-15-7-5-6-8-18(15)24/h5-8,10-11,14,19,25H,4,9,12-13H2,1-3H3,(H,26,27). The van der Waals surface area contributed by atoms with Crippen molar-refractivity contribution in [3.05, 3.63) is 57.0 Å². The molecule has 2 rings (SSSR count). The average molecular weight is 485 g/mol. The highest BCUT2D eigenvalue weighted by atomic mass is 79.9. The SMILES string of the molecule is CCOc1cc(CNC(CC(C)C)C(=O)O)c(Br)cc1OCc1ccccc1Cl. The minimum atomic E-state index is -0.848. The maximum absolute atomic E-state index is 11.5. The number of ether oxygens (including phenoxy) is 2. The lowest BCUT2D eigenvalue weighted by Gasteiger charge is -2.19. The highest BCUT2D eigenvalue weighted by molar-refractivity contribution is 9.10. The van der Waals surface area contributed by atoms with Crippen molar-refractivity contribution in [3.63, 3.8) is 0 Å². The molecule has 0 aromatic heterocycles. The molecule has 0 saturated heterocycles. The van der Waals surface area contributed by atoms with Crippen molar-refractivity contribution in [1.29, 1.82) is 0 Å². The van der Waals surface area contributed by atoms with E-state index in [1.165, 1.54) is 0 Å². The molecule has 29 heavy (non-hydrogen) atoms. The lowest BCUT2D eigenvalue weighted by Crippen LogP contribution is -2.37. The number of aliphatic carboxylic acids is 1. The lowest BCUT2D eigenvalue weighted by molar-refractivity contribution is -0.140. The molecule has 1 unspecified atom stereocenters. The van der Waals surface area contributed by atoms with Crippen LogP contribution in [0.2, 0.25) is 5.02 Å². The number of hydrogen-bond acceptors (Lipinski definition) is 4. The first-order valence-corrected chi connectivity index (χ1v) is 10.8. The van der Waals surface area contributed by atoms with Gasteiger partial charge in [-0.3, -0.25) is 4.79 Å². The molecule has 0 heterocycles. The normalized spacial score (nSPS) is 12.1. The zero-order chi connectivity index (χ0) is 21.4. The third kappa shape index (κ3) is 7.21. The van der Waals surface area contributed by atoms with Gasteiger partial charge in [0.25, 0.3) is 0 Å². The van der Waals surface area contributed by atoms with Gasteiger partial charge in [-0.1, -0.05) is 59.6 Å². The summed E-state index contributed by atoms with van der Waals surface area (Å²) in [6.07, 6.45) is 0.560. The van der Waals surface area contributed by atoms with Crippen LogP contribution < -0.4 is 14.8 Å². The summed E-state index contributed by atoms with van der Waals surface area (Å²) in [6, 6.07) is 10.6. The summed E-state index contributed by atoms with van der Waals surface area (Å²) in [7, 11) is 0. The van der Waals surface area contributed by atoms with Gasteiger partial charge in [0, 0.05) is 21.6 Å². The summed E-state index contributed by atoms with van der Waals surface area (Å²) in [4.78, 5) is 11.5. The molecule has 2 aromatic carbocycles. The molecule has 0 fully saturated rings. The zero-order valence-corrected chi connectivity index (χ0v) is 19.2. The molecule has 2 N–H and O–H groups in total. The molecule has 0 saturated carbocycles. The summed E-state index contributed by atoms with van der Waals surface area (Å²) in [5.41, 5.74) is 1.78. The predicted molar refractivity (Wildman–Crippen MR) is 119 cm³/mol. The second-order valence-electron chi connectivity index (χ2n) is 7.10. The fraction of sp³-hybridized carbons (Fsp3) is 0.409. The number of rotatable bonds is 11. The maximum atomic E-state index is 11.5. The highest BCUT2D eigenvalue weighted by Gasteiger charge is 2.19. The second-order valence-corrected chi connectivity index (χ2v) is 8.37. The number of hydrogen-bond donors (Lipinski definition) is 2. The summed E-state index contributed by atoms with van der Waals surface area (Å²) in [5.74, 6) is 0.640. The molecular formula is C22H27BrClNO4. The van der Waals surface area contributed by atoms with Gasteiger partial charge in [0.15, 0.2) is 11.5 Å². The second kappa shape index (κ2) is 11.4. The van der Waals surface area contributed by atoms with Gasteiger partial charge in [-0.2, -0.15) is 0 Å². The van der Waals surface area contributed by atoms with E-state index < -0.39 is 12.0 Å². The summed E-state index contributed by atoms with van der Waals surface area (Å²) in [6.45, 7) is 7.12. The van der Waals surface area contributed by atoms with E-state index in [2.05, 4.69) is 21.2 Å². The fourth-order valence-electron chi connectivity index (χ4n) is 2.84. The van der Waals surface area contributed by atoms with Gasteiger partial charge in [-0.05, 0) is 43.0 Å². The van der Waals surface area contributed by atoms with Crippen LogP contribution in [0, 0.1) is 5.92 Å². The number of carboxylic acids is 1. The van der Waals surface area contributed by atoms with E-state index in [-0.39, 0.29) is 5.92 Å². The molecule has 1 atom stereocenters. The minimum absolute atomic E-state index is 0.284. The van der Waals surface area contributed by atoms with Gasteiger partial charge in [0.1, 0.15) is 12.6 Å². The van der Waals surface area contributed by atoms with Gasteiger partial charge in [0.05, 0.1) is 6.61 Å². The first kappa shape index (κ1) is 23.5. The van der Waals surface area contributed by atoms with Gasteiger partial charge in [-0.25, -0.2) is 0 Å². The van der Waals surface area contributed by atoms with Crippen LogP contribution in [0.25, 0.3) is 0 Å². The molecule has 5 nitrogen and oxygen atoms in total. The van der Waals surface area contributed by atoms with Crippen molar-refractivity contribution < 1.29 is 19.4 Å². The molecule has 0 amide bonds. The zero-order valence-electron chi connectivity index (χ0n) is 16.9. The molecular weight excluding hydrogens is 458 g/mol. The Balaban J connectivity index is 2.16. The lowest BCUT2D eigenvalue weighted by atomic mass is 10.0. The van der Waals surface area contributed by atoms with E-state index in [0.29, 0.717) is 42.7 Å². The smallest absolute Gasteiger partial charge is 0.320 e. The van der Waals surface area contributed by atoms with Crippen LogP contribution in [0.5, 0.6) is 11.5 Å². The molecule has 0 bridgehead atoms. The third-order valence-electron chi connectivity index (χ3n) is 4.30. The molecule has 0 aliphatic heterocycles. The Bertz CT molecular complexity index is 828. The van der Waals surface area contributed by atoms with Crippen LogP contribution >= 0.6 is 27.5 Å². The Morgan fingerprint density at radius 2 is 1.86 bits per heavy atom. The Labute approximate surface area is 185 Å². The molecule has 0 spiro atoms. The van der Waals surface area contributed by atoms with Gasteiger partial charge in [-0.15, -0.1) is 0 Å². The van der Waals surface area contributed by atoms with Crippen molar-refractivity contribution in [1.82, 2.24) is 5.32 Å². The van der Waals surface area contributed by atoms with Crippen LogP contribution in [-0.2, 0) is 17.9 Å². The minimum Gasteiger partial charge on any atom is -0.490 e. The summed E-state index contributed by atoms with van der Waals surface area (Å²) >= 11 is 9.77. The van der Waals surface area contributed by atoms with Crippen molar-refractivity contribution in [3.8, 4) is 11.5 Å². The largest absolute Gasteiger partial charge is 0.490 e. The van der Waals surface area contributed by atoms with Crippen LogP contribution in [0.4, 0.5) is 0 Å². The number of halogens is 2. The maximum Gasteiger partial charge on any atom is 0.320 e. The molecule has 2 aromatic rings. The van der Waals surface area contributed by atoms with Crippen LogP contribution in [0.1, 0.15) is 38.3 Å². The number of nitrogens with one attached hydrogen (secondary N) is 1. The first-order valence-electron chi connectivity index (χ1n) is 9.59. The molecule has 0 aliphatic rings. The van der Waals surface area contributed by atoms with Crippen LogP contribution in [0.15, 0.2) is 40.9 Å². The molecule has 158 valence electrons. The van der Waals surface area contributed by atoms with Gasteiger partial charge in [0.2, 0.25) is 0 Å². The van der Waals surface area contributed by atoms with Crippen molar-refractivity contribution in [2.45, 2.75) is 46.4 Å². The number of benzene rings is 2. The summed E-state index contributed by atoms with van der Waals surface area (Å²) in [5, 5.41) is 13.2. The highest BCUT2D eigenvalue weighted by Crippen LogP contribution is 2.35. The van der Waals surface area contributed by atoms with E-state index in [9.17, 15) is 9.90 Å². The Hall–Kier alpha value is -1.76. The van der Waals surface area contributed by atoms with E-state index in [1.807, 2.05) is 57.2 Å². The van der Waals surface area contributed by atoms with E-state index in [1.54, 1.807) is 0 Å². The Morgan fingerprint density at radius 1 is 1.17 bits per heavy atom. The number of carboxylic acid groups (broad SMARTS) is 1. The van der Waals surface area contributed by atoms with Gasteiger partial charge < -0.3 is 19.9 Å². The first-order chi connectivity index (χ1) is 13.8. The van der Waals surface area contributed by atoms with Crippen LogP contribution in [-0.4, -0.2) is 23.7 Å². The van der Waals surface area contributed by atoms with Crippen molar-refractivity contribution >= 4 is 33.5 Å². The summed E-state index contributed by atoms with van der Waals surface area (Å²) < 4.78 is 12.5. The molecule has 7 heteroatoms. The third-order valence-corrected chi connectivity index (χ3v) is 5.40. The predicted octanol–water partition coefficient (Wildman–Crippen LogP) is 5.67. The Morgan fingerprint density at radius 3 is 2.48 bits per heavy atom. The fourth-order valence-corrected chi connectivity index (χ4v) is 3.49.